The lowest BCUT2D eigenvalue weighted by Gasteiger charge is -2.40. The summed E-state index contributed by atoms with van der Waals surface area (Å²) in [5, 5.41) is 3.37. The number of rotatable bonds is 7. The summed E-state index contributed by atoms with van der Waals surface area (Å²) in [4.78, 5) is 17.4. The Balaban J connectivity index is 1.36. The average Bonchev–Trinajstić information content (AvgIpc) is 2.89. The number of hydrogen-bond donors (Lipinski definition) is 1. The normalized spacial score (nSPS) is 14.2. The van der Waals surface area contributed by atoms with Crippen molar-refractivity contribution in [3.63, 3.8) is 0 Å². The predicted molar refractivity (Wildman–Crippen MR) is 152 cm³/mol. The van der Waals surface area contributed by atoms with Crippen LogP contribution >= 0.6 is 28.1 Å². The third kappa shape index (κ3) is 6.72. The fourth-order valence-electron chi connectivity index (χ4n) is 4.33. The van der Waals surface area contributed by atoms with Gasteiger partial charge in [0, 0.05) is 31.7 Å². The first kappa shape index (κ1) is 26.3. The lowest BCUT2D eigenvalue weighted by atomic mass is 9.96. The maximum atomic E-state index is 12.9. The molecule has 0 bridgehead atoms. The van der Waals surface area contributed by atoms with E-state index in [-0.39, 0.29) is 11.9 Å². The Morgan fingerprint density at radius 1 is 0.944 bits per heavy atom. The average molecular weight is 567 g/mol. The van der Waals surface area contributed by atoms with Crippen molar-refractivity contribution in [2.24, 2.45) is 5.92 Å². The van der Waals surface area contributed by atoms with Crippen LogP contribution in [0.3, 0.4) is 0 Å². The van der Waals surface area contributed by atoms with Crippen molar-refractivity contribution in [2.45, 2.75) is 19.9 Å². The van der Waals surface area contributed by atoms with Gasteiger partial charge >= 0.3 is 0 Å². The molecule has 0 spiro atoms. The second kappa shape index (κ2) is 12.5. The van der Waals surface area contributed by atoms with E-state index in [1.807, 2.05) is 6.07 Å². The highest BCUT2D eigenvalue weighted by atomic mass is 79.9. The fourth-order valence-corrected chi connectivity index (χ4v) is 5.10. The number of carbonyl (C=O) groups excluding carboxylic acids is 1. The molecule has 4 rings (SSSR count). The lowest BCUT2D eigenvalue weighted by molar-refractivity contribution is 0.0967. The highest BCUT2D eigenvalue weighted by molar-refractivity contribution is 9.10. The Labute approximate surface area is 227 Å². The van der Waals surface area contributed by atoms with Crippen LogP contribution in [0.5, 0.6) is 5.75 Å². The van der Waals surface area contributed by atoms with Gasteiger partial charge in [-0.1, -0.05) is 74.5 Å². The molecule has 36 heavy (non-hydrogen) atoms. The van der Waals surface area contributed by atoms with Crippen molar-refractivity contribution < 1.29 is 9.53 Å². The summed E-state index contributed by atoms with van der Waals surface area (Å²) in [5.41, 5.74) is 3.09. The molecule has 0 saturated carbocycles. The Morgan fingerprint density at radius 2 is 1.53 bits per heavy atom. The Bertz CT molecular complexity index is 1130. The summed E-state index contributed by atoms with van der Waals surface area (Å²) in [5.74, 6) is 0.934. The molecule has 1 saturated heterocycles. The van der Waals surface area contributed by atoms with Gasteiger partial charge in [-0.15, -0.1) is 0 Å². The van der Waals surface area contributed by atoms with E-state index in [1.54, 1.807) is 12.1 Å². The van der Waals surface area contributed by atoms with E-state index in [1.165, 1.54) is 11.1 Å². The highest BCUT2D eigenvalue weighted by Crippen LogP contribution is 2.30. The van der Waals surface area contributed by atoms with Gasteiger partial charge in [-0.05, 0) is 63.4 Å². The SMILES string of the molecule is CC(C)COc1ccc(C(=O)NC(=S)N2CCN(C(c3ccccc3)c3ccccc3)CC2)cc1Br. The number of halogens is 1. The lowest BCUT2D eigenvalue weighted by Crippen LogP contribution is -2.53. The monoisotopic (exact) mass is 565 g/mol. The van der Waals surface area contributed by atoms with E-state index in [0.717, 1.165) is 36.4 Å². The van der Waals surface area contributed by atoms with Gasteiger partial charge in [0.25, 0.3) is 5.91 Å². The van der Waals surface area contributed by atoms with Crippen LogP contribution in [-0.4, -0.2) is 53.6 Å². The van der Waals surface area contributed by atoms with Crippen molar-refractivity contribution in [2.75, 3.05) is 32.8 Å². The smallest absolute Gasteiger partial charge is 0.257 e. The minimum Gasteiger partial charge on any atom is -0.492 e. The van der Waals surface area contributed by atoms with Crippen molar-refractivity contribution in [1.82, 2.24) is 15.1 Å². The van der Waals surface area contributed by atoms with Crippen LogP contribution < -0.4 is 10.1 Å². The van der Waals surface area contributed by atoms with Crippen molar-refractivity contribution >= 4 is 39.2 Å². The summed E-state index contributed by atoms with van der Waals surface area (Å²) in [7, 11) is 0. The fraction of sp³-hybridized carbons (Fsp3) is 0.310. The molecule has 1 aliphatic heterocycles. The standard InChI is InChI=1S/C29H32BrN3O2S/c1-21(2)20-35-26-14-13-24(19-25(26)30)28(34)31-29(36)33-17-15-32(16-18-33)27(22-9-5-3-6-10-22)23-11-7-4-8-12-23/h3-14,19,21,27H,15-18,20H2,1-2H3,(H,31,34,36). The number of benzene rings is 3. The largest absolute Gasteiger partial charge is 0.492 e. The molecule has 188 valence electrons. The van der Waals surface area contributed by atoms with Crippen LogP contribution in [0.2, 0.25) is 0 Å². The third-order valence-electron chi connectivity index (χ3n) is 6.18. The number of carbonyl (C=O) groups is 1. The number of nitrogens with one attached hydrogen (secondary N) is 1. The molecule has 1 heterocycles. The van der Waals surface area contributed by atoms with Crippen LogP contribution in [-0.2, 0) is 0 Å². The van der Waals surface area contributed by atoms with Crippen molar-refractivity contribution in [3.8, 4) is 5.75 Å². The van der Waals surface area contributed by atoms with E-state index in [0.29, 0.717) is 23.2 Å². The molecular formula is C29H32BrN3O2S. The van der Waals surface area contributed by atoms with E-state index in [4.69, 9.17) is 17.0 Å². The first-order valence-electron chi connectivity index (χ1n) is 12.3. The molecule has 1 aliphatic rings. The summed E-state index contributed by atoms with van der Waals surface area (Å²) in [6.45, 7) is 8.01. The van der Waals surface area contributed by atoms with Gasteiger partial charge in [0.15, 0.2) is 5.11 Å². The zero-order valence-corrected chi connectivity index (χ0v) is 23.1. The molecular weight excluding hydrogens is 534 g/mol. The minimum atomic E-state index is -0.218. The highest BCUT2D eigenvalue weighted by Gasteiger charge is 2.27. The van der Waals surface area contributed by atoms with Crippen LogP contribution in [0.4, 0.5) is 0 Å². The van der Waals surface area contributed by atoms with Crippen molar-refractivity contribution in [1.29, 1.82) is 0 Å². The predicted octanol–water partition coefficient (Wildman–Crippen LogP) is 5.91. The maximum absolute atomic E-state index is 12.9. The second-order valence-corrected chi connectivity index (χ2v) is 10.6. The molecule has 1 N–H and O–H groups in total. The first-order valence-corrected chi connectivity index (χ1v) is 13.5. The molecule has 0 unspecified atom stereocenters. The van der Waals surface area contributed by atoms with Gasteiger partial charge in [0.05, 0.1) is 17.1 Å². The number of ether oxygens (including phenoxy) is 1. The van der Waals surface area contributed by atoms with Gasteiger partial charge in [0.1, 0.15) is 5.75 Å². The topological polar surface area (TPSA) is 44.8 Å². The molecule has 3 aromatic rings. The molecule has 0 aliphatic carbocycles. The number of hydrogen-bond acceptors (Lipinski definition) is 4. The summed E-state index contributed by atoms with van der Waals surface area (Å²) < 4.78 is 6.54. The number of thiocarbonyl (C=S) groups is 1. The minimum absolute atomic E-state index is 0.187. The number of amides is 1. The van der Waals surface area contributed by atoms with E-state index >= 15 is 0 Å². The summed E-state index contributed by atoms with van der Waals surface area (Å²) in [6.07, 6.45) is 0. The van der Waals surface area contributed by atoms with Gasteiger partial charge in [-0.3, -0.25) is 15.0 Å². The van der Waals surface area contributed by atoms with Gasteiger partial charge < -0.3 is 9.64 Å². The zero-order chi connectivity index (χ0) is 25.5. The van der Waals surface area contributed by atoms with E-state index in [9.17, 15) is 4.79 Å². The Hall–Kier alpha value is -2.74. The Kier molecular flexibility index (Phi) is 9.13. The number of nitrogens with zero attached hydrogens (tertiary/aromatic N) is 2. The van der Waals surface area contributed by atoms with E-state index in [2.05, 4.69) is 106 Å². The van der Waals surface area contributed by atoms with Crippen LogP contribution in [0.15, 0.2) is 83.3 Å². The summed E-state index contributed by atoms with van der Waals surface area (Å²) in [6, 6.07) is 26.8. The Morgan fingerprint density at radius 3 is 2.06 bits per heavy atom. The molecule has 7 heteroatoms. The molecule has 1 fully saturated rings. The van der Waals surface area contributed by atoms with Crippen molar-refractivity contribution in [3.05, 3.63) is 100 Å². The first-order chi connectivity index (χ1) is 17.4. The maximum Gasteiger partial charge on any atom is 0.257 e. The van der Waals surface area contributed by atoms with E-state index < -0.39 is 0 Å². The molecule has 5 nitrogen and oxygen atoms in total. The second-order valence-electron chi connectivity index (χ2n) is 9.36. The quantitative estimate of drug-likeness (QED) is 0.361. The molecule has 3 aromatic carbocycles. The van der Waals surface area contributed by atoms with Gasteiger partial charge in [-0.25, -0.2) is 0 Å². The number of piperazine rings is 1. The van der Waals surface area contributed by atoms with Crippen LogP contribution in [0.1, 0.15) is 41.4 Å². The van der Waals surface area contributed by atoms with Crippen LogP contribution in [0.25, 0.3) is 0 Å². The zero-order valence-electron chi connectivity index (χ0n) is 20.7. The van der Waals surface area contributed by atoms with Gasteiger partial charge in [0.2, 0.25) is 0 Å². The molecule has 0 aromatic heterocycles. The summed E-state index contributed by atoms with van der Waals surface area (Å²) >= 11 is 9.12. The molecule has 0 atom stereocenters. The molecule has 1 amide bonds. The molecule has 0 radical (unpaired) electrons. The third-order valence-corrected chi connectivity index (χ3v) is 7.16. The van der Waals surface area contributed by atoms with Crippen LogP contribution in [0, 0.1) is 5.92 Å². The van der Waals surface area contributed by atoms with Gasteiger partial charge in [-0.2, -0.15) is 0 Å².